The van der Waals surface area contributed by atoms with Crippen molar-refractivity contribution in [3.63, 3.8) is 0 Å². The van der Waals surface area contributed by atoms with Crippen molar-refractivity contribution in [2.75, 3.05) is 18.9 Å². The zero-order valence-electron chi connectivity index (χ0n) is 13.1. The standard InChI is InChI=1S/C16H16Cl2N4OS/c1-3-20-16-21-14(9-4-6-11(17)12(18)8-9)10(15(24)22-16)5-7-13(23)19-2/h4-8H,3H2,1-2H3,(H,19,23)(H2,20,21,22,24)/b7-5+. The normalized spacial score (nSPS) is 10.8. The highest BCUT2D eigenvalue weighted by Crippen LogP contribution is 2.30. The van der Waals surface area contributed by atoms with Gasteiger partial charge in [0.05, 0.1) is 15.7 Å². The quantitative estimate of drug-likeness (QED) is 0.532. The lowest BCUT2D eigenvalue weighted by atomic mass is 10.1. The summed E-state index contributed by atoms with van der Waals surface area (Å²) in [6.07, 6.45) is 3.02. The number of rotatable bonds is 5. The Labute approximate surface area is 155 Å². The minimum absolute atomic E-state index is 0.236. The lowest BCUT2D eigenvalue weighted by molar-refractivity contribution is -0.115. The van der Waals surface area contributed by atoms with Crippen LogP contribution in [0.4, 0.5) is 5.95 Å². The number of hydrogen-bond acceptors (Lipinski definition) is 4. The molecule has 1 heterocycles. The Balaban J connectivity index is 2.64. The molecule has 1 aromatic carbocycles. The number of aromatic amines is 1. The molecule has 126 valence electrons. The van der Waals surface area contributed by atoms with Crippen LogP contribution in [0.25, 0.3) is 17.3 Å². The van der Waals surface area contributed by atoms with E-state index in [9.17, 15) is 4.79 Å². The number of aromatic nitrogens is 2. The number of benzene rings is 1. The molecule has 24 heavy (non-hydrogen) atoms. The van der Waals surface area contributed by atoms with Crippen molar-refractivity contribution in [3.8, 4) is 11.3 Å². The molecule has 5 nitrogen and oxygen atoms in total. The first-order valence-electron chi connectivity index (χ1n) is 7.19. The predicted molar refractivity (Wildman–Crippen MR) is 102 cm³/mol. The van der Waals surface area contributed by atoms with E-state index >= 15 is 0 Å². The van der Waals surface area contributed by atoms with Gasteiger partial charge in [-0.1, -0.05) is 41.5 Å². The zero-order valence-corrected chi connectivity index (χ0v) is 15.4. The molecule has 0 aliphatic rings. The summed E-state index contributed by atoms with van der Waals surface area (Å²) in [5.41, 5.74) is 2.10. The second-order valence-electron chi connectivity index (χ2n) is 4.79. The van der Waals surface area contributed by atoms with Gasteiger partial charge in [0, 0.05) is 30.8 Å². The van der Waals surface area contributed by atoms with Crippen molar-refractivity contribution in [2.45, 2.75) is 6.92 Å². The van der Waals surface area contributed by atoms with Gasteiger partial charge in [-0.2, -0.15) is 0 Å². The average molecular weight is 383 g/mol. The van der Waals surface area contributed by atoms with Crippen molar-refractivity contribution >= 4 is 53.4 Å². The fraction of sp³-hybridized carbons (Fsp3) is 0.188. The van der Waals surface area contributed by atoms with Gasteiger partial charge in [-0.25, -0.2) is 4.98 Å². The van der Waals surface area contributed by atoms with Crippen LogP contribution in [0.1, 0.15) is 12.5 Å². The third-order valence-electron chi connectivity index (χ3n) is 3.16. The summed E-state index contributed by atoms with van der Waals surface area (Å²) in [5.74, 6) is 0.306. The average Bonchev–Trinajstić information content (AvgIpc) is 2.56. The van der Waals surface area contributed by atoms with Gasteiger partial charge in [0.2, 0.25) is 11.9 Å². The molecule has 1 amide bonds. The van der Waals surface area contributed by atoms with E-state index in [4.69, 9.17) is 35.4 Å². The van der Waals surface area contributed by atoms with Crippen molar-refractivity contribution in [3.05, 3.63) is 44.5 Å². The van der Waals surface area contributed by atoms with E-state index in [1.807, 2.05) is 13.0 Å². The first-order valence-corrected chi connectivity index (χ1v) is 8.36. The highest BCUT2D eigenvalue weighted by molar-refractivity contribution is 7.71. The summed E-state index contributed by atoms with van der Waals surface area (Å²) in [7, 11) is 1.56. The van der Waals surface area contributed by atoms with Crippen LogP contribution < -0.4 is 10.6 Å². The Bertz CT molecular complexity index is 848. The molecule has 0 aliphatic heterocycles. The summed E-state index contributed by atoms with van der Waals surface area (Å²) in [4.78, 5) is 19.0. The predicted octanol–water partition coefficient (Wildman–Crippen LogP) is 4.30. The third-order valence-corrected chi connectivity index (χ3v) is 4.21. The van der Waals surface area contributed by atoms with E-state index in [-0.39, 0.29) is 5.91 Å². The van der Waals surface area contributed by atoms with Crippen LogP contribution in [0.15, 0.2) is 24.3 Å². The van der Waals surface area contributed by atoms with Crippen LogP contribution in [0.5, 0.6) is 0 Å². The van der Waals surface area contributed by atoms with Crippen LogP contribution in [0.2, 0.25) is 10.0 Å². The van der Waals surface area contributed by atoms with Crippen molar-refractivity contribution in [1.82, 2.24) is 15.3 Å². The number of likely N-dealkylation sites (N-methyl/N-ethyl adjacent to an activating group) is 1. The molecule has 2 aromatic rings. The van der Waals surface area contributed by atoms with Crippen LogP contribution >= 0.6 is 35.4 Å². The molecule has 1 aromatic heterocycles. The number of carbonyl (C=O) groups excluding carboxylic acids is 1. The topological polar surface area (TPSA) is 69.8 Å². The first kappa shape index (κ1) is 18.4. The van der Waals surface area contributed by atoms with E-state index in [1.54, 1.807) is 25.3 Å². The molecule has 0 radical (unpaired) electrons. The molecule has 2 rings (SSSR count). The summed E-state index contributed by atoms with van der Waals surface area (Å²) in [6.45, 7) is 2.64. The molecular formula is C16H16Cl2N4OS. The van der Waals surface area contributed by atoms with E-state index < -0.39 is 0 Å². The van der Waals surface area contributed by atoms with E-state index in [1.165, 1.54) is 6.08 Å². The Hall–Kier alpha value is -1.89. The lowest BCUT2D eigenvalue weighted by Gasteiger charge is -2.11. The molecule has 0 bridgehead atoms. The number of H-pyrrole nitrogens is 1. The molecule has 3 N–H and O–H groups in total. The maximum atomic E-state index is 11.5. The number of carbonyl (C=O) groups is 1. The highest BCUT2D eigenvalue weighted by atomic mass is 35.5. The van der Waals surface area contributed by atoms with Crippen LogP contribution in [-0.2, 0) is 4.79 Å². The Morgan fingerprint density at radius 2 is 2.12 bits per heavy atom. The Morgan fingerprint density at radius 3 is 2.75 bits per heavy atom. The lowest BCUT2D eigenvalue weighted by Crippen LogP contribution is -2.14. The maximum absolute atomic E-state index is 11.5. The van der Waals surface area contributed by atoms with Gasteiger partial charge in [0.25, 0.3) is 0 Å². The molecule has 0 saturated heterocycles. The van der Waals surface area contributed by atoms with Crippen molar-refractivity contribution in [1.29, 1.82) is 0 Å². The minimum Gasteiger partial charge on any atom is -0.356 e. The summed E-state index contributed by atoms with van der Waals surface area (Å²) in [5, 5.41) is 6.50. The van der Waals surface area contributed by atoms with Gasteiger partial charge >= 0.3 is 0 Å². The van der Waals surface area contributed by atoms with Crippen molar-refractivity contribution < 1.29 is 4.79 Å². The highest BCUT2D eigenvalue weighted by Gasteiger charge is 2.11. The zero-order chi connectivity index (χ0) is 17.7. The molecule has 0 spiro atoms. The molecule has 0 atom stereocenters. The molecule has 0 unspecified atom stereocenters. The van der Waals surface area contributed by atoms with Crippen molar-refractivity contribution in [2.24, 2.45) is 0 Å². The fourth-order valence-electron chi connectivity index (χ4n) is 2.01. The summed E-state index contributed by atoms with van der Waals surface area (Å²) < 4.78 is 0.367. The second-order valence-corrected chi connectivity index (χ2v) is 5.99. The van der Waals surface area contributed by atoms with Gasteiger partial charge in [-0.05, 0) is 25.1 Å². The Kier molecular flexibility index (Phi) is 6.36. The van der Waals surface area contributed by atoms with E-state index in [2.05, 4.69) is 20.6 Å². The molecule has 0 aliphatic carbocycles. The monoisotopic (exact) mass is 382 g/mol. The second kappa shape index (κ2) is 8.28. The minimum atomic E-state index is -0.236. The summed E-state index contributed by atoms with van der Waals surface area (Å²) in [6, 6.07) is 5.26. The number of amides is 1. The number of nitrogens with one attached hydrogen (secondary N) is 3. The number of nitrogens with zero attached hydrogens (tertiary/aromatic N) is 1. The van der Waals surface area contributed by atoms with Gasteiger partial charge < -0.3 is 15.6 Å². The first-order chi connectivity index (χ1) is 11.5. The fourth-order valence-corrected chi connectivity index (χ4v) is 2.57. The summed E-state index contributed by atoms with van der Waals surface area (Å²) >= 11 is 17.5. The van der Waals surface area contributed by atoms with Crippen LogP contribution in [0.3, 0.4) is 0 Å². The molecule has 8 heteroatoms. The molecule has 0 fully saturated rings. The van der Waals surface area contributed by atoms with Crippen LogP contribution in [0, 0.1) is 4.64 Å². The van der Waals surface area contributed by atoms with Crippen LogP contribution in [-0.4, -0.2) is 29.5 Å². The van der Waals surface area contributed by atoms with E-state index in [0.717, 1.165) is 5.56 Å². The number of anilines is 1. The van der Waals surface area contributed by atoms with Gasteiger partial charge in [0.15, 0.2) is 0 Å². The molecular weight excluding hydrogens is 367 g/mol. The Morgan fingerprint density at radius 1 is 1.38 bits per heavy atom. The third kappa shape index (κ3) is 4.35. The molecule has 0 saturated carbocycles. The van der Waals surface area contributed by atoms with E-state index in [0.29, 0.717) is 38.4 Å². The largest absolute Gasteiger partial charge is 0.356 e. The number of hydrogen-bond donors (Lipinski definition) is 3. The smallest absolute Gasteiger partial charge is 0.243 e. The SMILES string of the molecule is CCNc1nc(=S)c(/C=C/C(=O)NC)c(-c2ccc(Cl)c(Cl)c2)[nH]1. The van der Waals surface area contributed by atoms with Gasteiger partial charge in [-0.15, -0.1) is 0 Å². The van der Waals surface area contributed by atoms with Gasteiger partial charge in [0.1, 0.15) is 4.64 Å². The maximum Gasteiger partial charge on any atom is 0.243 e. The van der Waals surface area contributed by atoms with Gasteiger partial charge in [-0.3, -0.25) is 4.79 Å². The number of halogens is 2.